The van der Waals surface area contributed by atoms with E-state index in [-0.39, 0.29) is 5.43 Å². The van der Waals surface area contributed by atoms with Gasteiger partial charge in [-0.1, -0.05) is 52.4 Å². The number of aromatic amines is 1. The van der Waals surface area contributed by atoms with Gasteiger partial charge in [-0.3, -0.25) is 4.79 Å². The maximum atomic E-state index is 13.3. The third kappa shape index (κ3) is 3.95. The van der Waals surface area contributed by atoms with Gasteiger partial charge in [0.1, 0.15) is 21.8 Å². The van der Waals surface area contributed by atoms with Crippen LogP contribution in [0.15, 0.2) is 57.7 Å². The van der Waals surface area contributed by atoms with Crippen LogP contribution in [0, 0.1) is 0 Å². The van der Waals surface area contributed by atoms with E-state index in [2.05, 4.69) is 9.38 Å². The van der Waals surface area contributed by atoms with Crippen LogP contribution in [0.1, 0.15) is 33.3 Å². The number of H-pyrrole nitrogens is 1. The number of fused-ring (bicyclic) bond motifs is 1. The summed E-state index contributed by atoms with van der Waals surface area (Å²) in [7, 11) is 0. The zero-order chi connectivity index (χ0) is 19.8. The third-order valence-electron chi connectivity index (χ3n) is 4.15. The van der Waals surface area contributed by atoms with E-state index in [9.17, 15) is 9.35 Å². The Bertz CT molecular complexity index is 1070. The highest BCUT2D eigenvalue weighted by Crippen LogP contribution is 2.27. The van der Waals surface area contributed by atoms with Gasteiger partial charge in [-0.15, -0.1) is 0 Å². The summed E-state index contributed by atoms with van der Waals surface area (Å²) >= 11 is 4.85. The molecule has 1 N–H and O–H groups in total. The average Bonchev–Trinajstić information content (AvgIpc) is 2.62. The second kappa shape index (κ2) is 7.50. The number of pyridine rings is 1. The summed E-state index contributed by atoms with van der Waals surface area (Å²) in [5, 5.41) is 0.953. The predicted molar refractivity (Wildman–Crippen MR) is 115 cm³/mol. The Balaban J connectivity index is 2.35. The molecule has 4 nitrogen and oxygen atoms in total. The van der Waals surface area contributed by atoms with Gasteiger partial charge in [0.25, 0.3) is 0 Å². The summed E-state index contributed by atoms with van der Waals surface area (Å²) in [4.78, 5) is 16.6. The first-order chi connectivity index (χ1) is 12.7. The molecule has 6 heteroatoms. The van der Waals surface area contributed by atoms with Gasteiger partial charge in [-0.05, 0) is 45.4 Å². The van der Waals surface area contributed by atoms with Crippen molar-refractivity contribution in [2.75, 3.05) is 0 Å². The lowest BCUT2D eigenvalue weighted by Gasteiger charge is -2.19. The molecule has 1 unspecified atom stereocenters. The van der Waals surface area contributed by atoms with Crippen LogP contribution in [0.2, 0.25) is 5.02 Å². The third-order valence-corrected chi connectivity index (χ3v) is 5.96. The Kier molecular flexibility index (Phi) is 5.47. The number of rotatable bonds is 3. The normalized spacial score (nSPS) is 13.8. The highest BCUT2D eigenvalue weighted by Gasteiger charge is 2.28. The summed E-state index contributed by atoms with van der Waals surface area (Å²) in [6.45, 7) is 7.27. The zero-order valence-corrected chi connectivity index (χ0v) is 17.2. The Morgan fingerprint density at radius 1 is 1.11 bits per heavy atom. The molecular weight excluding hydrogens is 380 g/mol. The van der Waals surface area contributed by atoms with E-state index >= 15 is 0 Å². The van der Waals surface area contributed by atoms with Gasteiger partial charge in [0.05, 0.1) is 21.8 Å². The van der Waals surface area contributed by atoms with Crippen LogP contribution in [-0.2, 0) is 11.4 Å². The molecule has 1 aromatic heterocycles. The molecule has 0 aliphatic rings. The van der Waals surface area contributed by atoms with Crippen LogP contribution in [0.4, 0.5) is 0 Å². The van der Waals surface area contributed by atoms with E-state index in [1.165, 1.54) is 0 Å². The number of nitrogens with one attached hydrogen (secondary N) is 1. The molecule has 27 heavy (non-hydrogen) atoms. The van der Waals surface area contributed by atoms with E-state index in [4.69, 9.17) is 11.6 Å². The van der Waals surface area contributed by atoms with Crippen molar-refractivity contribution in [3.63, 3.8) is 0 Å². The van der Waals surface area contributed by atoms with E-state index < -0.39 is 16.1 Å². The summed E-state index contributed by atoms with van der Waals surface area (Å²) in [6, 6.07) is 14.7. The molecule has 3 rings (SSSR count). The minimum atomic E-state index is -1.47. The highest BCUT2D eigenvalue weighted by molar-refractivity contribution is 7.91. The van der Waals surface area contributed by atoms with Crippen molar-refractivity contribution in [2.24, 2.45) is 4.40 Å². The zero-order valence-electron chi connectivity index (χ0n) is 15.7. The lowest BCUT2D eigenvalue weighted by Crippen LogP contribution is -2.28. The Morgan fingerprint density at radius 2 is 1.78 bits per heavy atom. The fourth-order valence-electron chi connectivity index (χ4n) is 2.75. The number of hydrogen-bond acceptors (Lipinski definition) is 3. The molecule has 0 radical (unpaired) electrons. The maximum Gasteiger partial charge on any atom is 0.199 e. The predicted octanol–water partition coefficient (Wildman–Crippen LogP) is 5.12. The Hall–Kier alpha value is -2.08. The molecule has 1 atom stereocenters. The standard InChI is InChI=1S/C21H21ClN2O2S/c1-13(24-27(26)21(2,3)4)17-18(14-9-6-5-7-10-14)23-19-15(20(17)25)11-8-12-16(19)22/h5-12H,1-4H3,(H,23,25)/b24-13+. The second-order valence-electron chi connectivity index (χ2n) is 7.27. The largest absolute Gasteiger partial charge is 0.591 e. The highest BCUT2D eigenvalue weighted by atomic mass is 35.5. The van der Waals surface area contributed by atoms with E-state index in [1.54, 1.807) is 25.1 Å². The quantitative estimate of drug-likeness (QED) is 0.489. The summed E-state index contributed by atoms with van der Waals surface area (Å²) in [5.74, 6) is 0. The van der Waals surface area contributed by atoms with Gasteiger partial charge in [-0.25, -0.2) is 0 Å². The van der Waals surface area contributed by atoms with Gasteiger partial charge >= 0.3 is 0 Å². The smallest absolute Gasteiger partial charge is 0.199 e. The van der Waals surface area contributed by atoms with Crippen LogP contribution in [0.25, 0.3) is 22.2 Å². The van der Waals surface area contributed by atoms with Crippen molar-refractivity contribution in [1.29, 1.82) is 0 Å². The van der Waals surface area contributed by atoms with Gasteiger partial charge in [0, 0.05) is 5.39 Å². The molecular formula is C21H21ClN2O2S. The van der Waals surface area contributed by atoms with Gasteiger partial charge < -0.3 is 9.54 Å². The number of nitrogens with zero attached hydrogens (tertiary/aromatic N) is 1. The summed E-state index contributed by atoms with van der Waals surface area (Å²) in [6.07, 6.45) is 0. The van der Waals surface area contributed by atoms with Crippen molar-refractivity contribution in [1.82, 2.24) is 4.98 Å². The molecule has 0 aliphatic carbocycles. The first-order valence-corrected chi connectivity index (χ1v) is 10.1. The summed E-state index contributed by atoms with van der Waals surface area (Å²) < 4.78 is 16.3. The lowest BCUT2D eigenvalue weighted by atomic mass is 10.00. The molecule has 2 aromatic carbocycles. The number of aromatic nitrogens is 1. The lowest BCUT2D eigenvalue weighted by molar-refractivity contribution is 0.561. The van der Waals surface area contributed by atoms with E-state index in [0.29, 0.717) is 32.9 Å². The van der Waals surface area contributed by atoms with Crippen molar-refractivity contribution in [3.8, 4) is 11.3 Å². The number of hydrogen-bond donors (Lipinski definition) is 1. The van der Waals surface area contributed by atoms with Crippen LogP contribution in [0.5, 0.6) is 0 Å². The minimum absolute atomic E-state index is 0.183. The molecule has 0 fully saturated rings. The van der Waals surface area contributed by atoms with Crippen molar-refractivity contribution >= 4 is 39.6 Å². The maximum absolute atomic E-state index is 13.3. The van der Waals surface area contributed by atoms with Crippen LogP contribution in [0.3, 0.4) is 0 Å². The van der Waals surface area contributed by atoms with E-state index in [1.807, 2.05) is 51.1 Å². The second-order valence-corrected chi connectivity index (χ2v) is 9.58. The molecule has 0 saturated heterocycles. The van der Waals surface area contributed by atoms with Gasteiger partial charge in [-0.2, -0.15) is 0 Å². The molecule has 1 heterocycles. The molecule has 0 amide bonds. The molecule has 0 bridgehead atoms. The fraction of sp³-hybridized carbons (Fsp3) is 0.238. The molecule has 0 spiro atoms. The van der Waals surface area contributed by atoms with Gasteiger partial charge in [0.15, 0.2) is 5.43 Å². The van der Waals surface area contributed by atoms with Crippen molar-refractivity contribution in [3.05, 3.63) is 69.3 Å². The van der Waals surface area contributed by atoms with Crippen LogP contribution in [-0.4, -0.2) is 20.0 Å². The fourth-order valence-corrected chi connectivity index (χ4v) is 3.59. The van der Waals surface area contributed by atoms with Crippen molar-refractivity contribution < 1.29 is 4.55 Å². The van der Waals surface area contributed by atoms with Crippen molar-refractivity contribution in [2.45, 2.75) is 32.4 Å². The van der Waals surface area contributed by atoms with Crippen LogP contribution < -0.4 is 5.43 Å². The molecule has 0 saturated carbocycles. The monoisotopic (exact) mass is 400 g/mol. The van der Waals surface area contributed by atoms with E-state index in [0.717, 1.165) is 5.56 Å². The Labute approximate surface area is 166 Å². The minimum Gasteiger partial charge on any atom is -0.591 e. The molecule has 140 valence electrons. The van der Waals surface area contributed by atoms with Gasteiger partial charge in [0.2, 0.25) is 0 Å². The number of halogens is 1. The topological polar surface area (TPSA) is 68.3 Å². The first kappa shape index (κ1) is 19.7. The Morgan fingerprint density at radius 3 is 2.41 bits per heavy atom. The van der Waals surface area contributed by atoms with Crippen LogP contribution >= 0.6 is 11.6 Å². The molecule has 3 aromatic rings. The number of benzene rings is 2. The average molecular weight is 401 g/mol. The first-order valence-electron chi connectivity index (χ1n) is 8.57. The summed E-state index contributed by atoms with van der Waals surface area (Å²) in [5.41, 5.74) is 2.70. The number of para-hydroxylation sites is 1. The SMILES string of the molecule is C/C(=N\[S+]([O-])C(C)(C)C)c1c(-c2ccccc2)[nH]c2c(Cl)cccc2c1=O. The molecule has 0 aliphatic heterocycles.